The van der Waals surface area contributed by atoms with Crippen LogP contribution in [0.3, 0.4) is 0 Å². The van der Waals surface area contributed by atoms with Crippen LogP contribution in [0.25, 0.3) is 5.76 Å². The van der Waals surface area contributed by atoms with E-state index in [1.807, 2.05) is 6.92 Å². The lowest BCUT2D eigenvalue weighted by atomic mass is 10.6. The van der Waals surface area contributed by atoms with E-state index in [-0.39, 0.29) is 0 Å². The maximum atomic E-state index is 5.13. The fraction of sp³-hybridized carbons (Fsp3) is 0.333. The van der Waals surface area contributed by atoms with Crippen LogP contribution in [0.1, 0.15) is 11.9 Å². The van der Waals surface area contributed by atoms with Crippen molar-refractivity contribution in [3.8, 4) is 0 Å². The van der Waals surface area contributed by atoms with Gasteiger partial charge in [-0.3, -0.25) is 0 Å². The van der Waals surface area contributed by atoms with Gasteiger partial charge in [-0.25, -0.2) is 0 Å². The van der Waals surface area contributed by atoms with E-state index in [1.165, 1.54) is 11.3 Å². The highest BCUT2D eigenvalue weighted by Crippen LogP contribution is 2.21. The van der Waals surface area contributed by atoms with Crippen LogP contribution in [-0.2, 0) is 4.74 Å². The summed E-state index contributed by atoms with van der Waals surface area (Å²) in [6, 6.07) is 0. The third-order valence-corrected chi connectivity index (χ3v) is 2.35. The molecule has 0 atom stereocenters. The SMILES string of the molecule is C=C(OCC)c1nnc(Br)s1. The Labute approximate surface area is 77.2 Å². The predicted octanol–water partition coefficient (Wildman–Crippen LogP) is 2.31. The van der Waals surface area contributed by atoms with Crippen LogP contribution in [0.15, 0.2) is 10.5 Å². The summed E-state index contributed by atoms with van der Waals surface area (Å²) in [7, 11) is 0. The average Bonchev–Trinajstić information content (AvgIpc) is 2.36. The van der Waals surface area contributed by atoms with Gasteiger partial charge in [0, 0.05) is 0 Å². The van der Waals surface area contributed by atoms with Crippen LogP contribution in [0.5, 0.6) is 0 Å². The Kier molecular flexibility index (Phi) is 3.02. The Morgan fingerprint density at radius 1 is 1.73 bits per heavy atom. The molecule has 0 unspecified atom stereocenters. The van der Waals surface area contributed by atoms with E-state index in [9.17, 15) is 0 Å². The van der Waals surface area contributed by atoms with Crippen molar-refractivity contribution in [1.82, 2.24) is 10.2 Å². The van der Waals surface area contributed by atoms with Crippen LogP contribution in [0, 0.1) is 0 Å². The highest BCUT2D eigenvalue weighted by atomic mass is 79.9. The normalized spacial score (nSPS) is 9.64. The van der Waals surface area contributed by atoms with Crippen molar-refractivity contribution in [3.05, 3.63) is 15.5 Å². The van der Waals surface area contributed by atoms with Crippen LogP contribution < -0.4 is 0 Å². The van der Waals surface area contributed by atoms with E-state index >= 15 is 0 Å². The van der Waals surface area contributed by atoms with Gasteiger partial charge in [-0.2, -0.15) is 0 Å². The average molecular weight is 235 g/mol. The number of halogens is 1. The van der Waals surface area contributed by atoms with Crippen LogP contribution in [0.4, 0.5) is 0 Å². The molecule has 0 aliphatic rings. The van der Waals surface area contributed by atoms with Crippen molar-refractivity contribution >= 4 is 33.0 Å². The van der Waals surface area contributed by atoms with Crippen molar-refractivity contribution < 1.29 is 4.74 Å². The summed E-state index contributed by atoms with van der Waals surface area (Å²) >= 11 is 4.61. The first-order valence-corrected chi connectivity index (χ1v) is 4.66. The van der Waals surface area contributed by atoms with Gasteiger partial charge in [0.1, 0.15) is 5.76 Å². The molecule has 0 saturated heterocycles. The molecule has 0 aliphatic heterocycles. The van der Waals surface area contributed by atoms with Gasteiger partial charge in [0.25, 0.3) is 0 Å². The molecule has 3 nitrogen and oxygen atoms in total. The Morgan fingerprint density at radius 2 is 2.45 bits per heavy atom. The predicted molar refractivity (Wildman–Crippen MR) is 48.3 cm³/mol. The minimum absolute atomic E-state index is 0.579. The Hall–Kier alpha value is -0.420. The minimum atomic E-state index is 0.579. The van der Waals surface area contributed by atoms with E-state index in [0.717, 1.165) is 8.92 Å². The quantitative estimate of drug-likeness (QED) is 0.754. The molecule has 1 rings (SSSR count). The van der Waals surface area contributed by atoms with Crippen LogP contribution in [0.2, 0.25) is 0 Å². The van der Waals surface area contributed by atoms with Gasteiger partial charge in [-0.1, -0.05) is 17.9 Å². The molecule has 0 spiro atoms. The summed E-state index contributed by atoms with van der Waals surface area (Å²) in [5.41, 5.74) is 0. The first-order valence-electron chi connectivity index (χ1n) is 3.05. The number of nitrogens with zero attached hydrogens (tertiary/aromatic N) is 2. The third-order valence-electron chi connectivity index (χ3n) is 0.957. The second kappa shape index (κ2) is 3.82. The first kappa shape index (κ1) is 8.67. The van der Waals surface area contributed by atoms with E-state index < -0.39 is 0 Å². The molecule has 0 N–H and O–H groups in total. The molecule has 11 heavy (non-hydrogen) atoms. The zero-order chi connectivity index (χ0) is 8.27. The molecule has 0 fully saturated rings. The highest BCUT2D eigenvalue weighted by molar-refractivity contribution is 9.11. The summed E-state index contributed by atoms with van der Waals surface area (Å²) in [5, 5.41) is 8.32. The van der Waals surface area contributed by atoms with E-state index in [0.29, 0.717) is 12.4 Å². The van der Waals surface area contributed by atoms with E-state index in [4.69, 9.17) is 4.74 Å². The number of aromatic nitrogens is 2. The zero-order valence-corrected chi connectivity index (χ0v) is 8.41. The lowest BCUT2D eigenvalue weighted by Gasteiger charge is -1.99. The fourth-order valence-corrected chi connectivity index (χ4v) is 1.59. The van der Waals surface area contributed by atoms with Crippen molar-refractivity contribution in [3.63, 3.8) is 0 Å². The largest absolute Gasteiger partial charge is 0.491 e. The van der Waals surface area contributed by atoms with Crippen molar-refractivity contribution in [2.45, 2.75) is 6.92 Å². The maximum absolute atomic E-state index is 5.13. The molecule has 0 bridgehead atoms. The van der Waals surface area contributed by atoms with Gasteiger partial charge in [0.15, 0.2) is 8.92 Å². The molecule has 60 valence electrons. The topological polar surface area (TPSA) is 35.0 Å². The Morgan fingerprint density at radius 3 is 2.91 bits per heavy atom. The van der Waals surface area contributed by atoms with Gasteiger partial charge in [0.05, 0.1) is 6.61 Å². The van der Waals surface area contributed by atoms with Gasteiger partial charge in [-0.05, 0) is 22.9 Å². The van der Waals surface area contributed by atoms with Crippen molar-refractivity contribution in [1.29, 1.82) is 0 Å². The van der Waals surface area contributed by atoms with Crippen LogP contribution in [-0.4, -0.2) is 16.8 Å². The van der Waals surface area contributed by atoms with Gasteiger partial charge >= 0.3 is 0 Å². The standard InChI is InChI=1S/C6H7BrN2OS/c1-3-10-4(2)5-8-9-6(7)11-5/h2-3H2,1H3. The molecule has 0 amide bonds. The Bertz CT molecular complexity index is 261. The third kappa shape index (κ3) is 2.27. The molecule has 0 aliphatic carbocycles. The number of hydrogen-bond donors (Lipinski definition) is 0. The molecule has 0 radical (unpaired) electrons. The number of hydrogen-bond acceptors (Lipinski definition) is 4. The summed E-state index contributed by atoms with van der Waals surface area (Å²) in [6.45, 7) is 6.20. The summed E-state index contributed by atoms with van der Waals surface area (Å²) in [6.07, 6.45) is 0. The summed E-state index contributed by atoms with van der Waals surface area (Å²) in [5.74, 6) is 0.579. The number of ether oxygens (including phenoxy) is 1. The molecular formula is C6H7BrN2OS. The number of rotatable bonds is 3. The molecule has 0 aromatic carbocycles. The molecule has 1 aromatic rings. The monoisotopic (exact) mass is 234 g/mol. The first-order chi connectivity index (χ1) is 5.24. The van der Waals surface area contributed by atoms with Crippen molar-refractivity contribution in [2.75, 3.05) is 6.61 Å². The van der Waals surface area contributed by atoms with Crippen molar-refractivity contribution in [2.24, 2.45) is 0 Å². The summed E-state index contributed by atoms with van der Waals surface area (Å²) < 4.78 is 5.88. The molecule has 0 saturated carbocycles. The highest BCUT2D eigenvalue weighted by Gasteiger charge is 2.05. The molecular weight excluding hydrogens is 228 g/mol. The molecule has 1 heterocycles. The van der Waals surface area contributed by atoms with Gasteiger partial charge in [-0.15, -0.1) is 10.2 Å². The fourth-order valence-electron chi connectivity index (χ4n) is 0.554. The van der Waals surface area contributed by atoms with E-state index in [2.05, 4.69) is 32.7 Å². The smallest absolute Gasteiger partial charge is 0.183 e. The summed E-state index contributed by atoms with van der Waals surface area (Å²) in [4.78, 5) is 0. The Balaban J connectivity index is 2.69. The molecule has 1 aromatic heterocycles. The minimum Gasteiger partial charge on any atom is -0.491 e. The second-order valence-corrected chi connectivity index (χ2v) is 3.97. The maximum Gasteiger partial charge on any atom is 0.183 e. The molecule has 5 heteroatoms. The van der Waals surface area contributed by atoms with Crippen LogP contribution >= 0.6 is 27.3 Å². The lowest BCUT2D eigenvalue weighted by Crippen LogP contribution is -1.88. The second-order valence-electron chi connectivity index (χ2n) is 1.72. The zero-order valence-electron chi connectivity index (χ0n) is 6.00. The van der Waals surface area contributed by atoms with Gasteiger partial charge < -0.3 is 4.74 Å². The lowest BCUT2D eigenvalue weighted by molar-refractivity contribution is 0.298. The van der Waals surface area contributed by atoms with Gasteiger partial charge in [0.2, 0.25) is 0 Å². The van der Waals surface area contributed by atoms with E-state index in [1.54, 1.807) is 0 Å².